The Hall–Kier alpha value is -1.20. The molecule has 1 aliphatic rings. The van der Waals surface area contributed by atoms with Crippen LogP contribution in [0.25, 0.3) is 0 Å². The lowest BCUT2D eigenvalue weighted by Gasteiger charge is -2.37. The van der Waals surface area contributed by atoms with E-state index in [4.69, 9.17) is 9.97 Å². The number of hydrogen-bond donors (Lipinski definition) is 1. The van der Waals surface area contributed by atoms with Gasteiger partial charge in [0, 0.05) is 37.9 Å². The van der Waals surface area contributed by atoms with Gasteiger partial charge in [-0.2, -0.15) is 0 Å². The summed E-state index contributed by atoms with van der Waals surface area (Å²) in [6.45, 7) is 9.62. The number of nitrogens with one attached hydrogen (secondary N) is 1. The molecule has 1 N–H and O–H groups in total. The maximum Gasteiger partial charge on any atom is 0.149 e. The van der Waals surface area contributed by atoms with Gasteiger partial charge in [-0.05, 0) is 26.9 Å². The van der Waals surface area contributed by atoms with E-state index in [1.54, 1.807) is 0 Å². The fourth-order valence-corrected chi connectivity index (χ4v) is 2.92. The van der Waals surface area contributed by atoms with Gasteiger partial charge in [-0.3, -0.25) is 4.90 Å². The Balaban J connectivity index is 2.40. The van der Waals surface area contributed by atoms with E-state index in [9.17, 15) is 0 Å². The van der Waals surface area contributed by atoms with E-state index in [1.807, 2.05) is 7.05 Å². The smallest absolute Gasteiger partial charge is 0.149 e. The Morgan fingerprint density at radius 3 is 2.50 bits per heavy atom. The van der Waals surface area contributed by atoms with Crippen LogP contribution in [0.5, 0.6) is 0 Å². The van der Waals surface area contributed by atoms with Crippen molar-refractivity contribution in [3.05, 3.63) is 17.1 Å². The van der Waals surface area contributed by atoms with E-state index >= 15 is 0 Å². The zero-order valence-corrected chi connectivity index (χ0v) is 13.6. The SMILES string of the molecule is CNc1nc(C2CN(C)CCN2C)nc(C)c1C(C)C. The lowest BCUT2D eigenvalue weighted by Crippen LogP contribution is -2.45. The minimum Gasteiger partial charge on any atom is -0.373 e. The molecule has 1 fully saturated rings. The topological polar surface area (TPSA) is 44.3 Å². The molecule has 5 nitrogen and oxygen atoms in total. The quantitative estimate of drug-likeness (QED) is 0.914. The van der Waals surface area contributed by atoms with E-state index < -0.39 is 0 Å². The molecular formula is C15H27N5. The standard InChI is InChI=1S/C15H27N5/c1-10(2)13-11(3)17-14(18-15(13)16-4)12-9-19(5)7-8-20(12)6/h10,12H,7-9H2,1-6H3,(H,16,17,18). The highest BCUT2D eigenvalue weighted by Gasteiger charge is 2.27. The molecule has 112 valence electrons. The van der Waals surface area contributed by atoms with Crippen molar-refractivity contribution in [2.24, 2.45) is 0 Å². The second-order valence-electron chi connectivity index (χ2n) is 6.09. The molecular weight excluding hydrogens is 250 g/mol. The van der Waals surface area contributed by atoms with Crippen LogP contribution >= 0.6 is 0 Å². The minimum absolute atomic E-state index is 0.278. The third-order valence-electron chi connectivity index (χ3n) is 4.12. The van der Waals surface area contributed by atoms with Crippen LogP contribution in [0.3, 0.4) is 0 Å². The zero-order valence-electron chi connectivity index (χ0n) is 13.6. The van der Waals surface area contributed by atoms with E-state index in [2.05, 4.69) is 50.0 Å². The molecule has 2 rings (SSSR count). The van der Waals surface area contributed by atoms with Gasteiger partial charge in [0.05, 0.1) is 6.04 Å². The fraction of sp³-hybridized carbons (Fsp3) is 0.733. The summed E-state index contributed by atoms with van der Waals surface area (Å²) in [5.41, 5.74) is 2.32. The first-order valence-corrected chi connectivity index (χ1v) is 7.39. The number of likely N-dealkylation sites (N-methyl/N-ethyl adjacent to an activating group) is 2. The normalized spacial score (nSPS) is 21.4. The second-order valence-corrected chi connectivity index (χ2v) is 6.09. The molecule has 1 aromatic rings. The number of nitrogens with zero attached hydrogens (tertiary/aromatic N) is 4. The number of piperazine rings is 1. The van der Waals surface area contributed by atoms with Gasteiger partial charge in [-0.1, -0.05) is 13.8 Å². The summed E-state index contributed by atoms with van der Waals surface area (Å²) >= 11 is 0. The molecule has 2 heterocycles. The molecule has 0 aromatic carbocycles. The number of aromatic nitrogens is 2. The first-order chi connectivity index (χ1) is 9.43. The Kier molecular flexibility index (Phi) is 4.60. The van der Waals surface area contributed by atoms with Gasteiger partial charge in [0.15, 0.2) is 0 Å². The molecule has 5 heteroatoms. The molecule has 0 amide bonds. The molecule has 0 aliphatic carbocycles. The van der Waals surface area contributed by atoms with Gasteiger partial charge >= 0.3 is 0 Å². The van der Waals surface area contributed by atoms with Crippen molar-refractivity contribution in [1.29, 1.82) is 0 Å². The lowest BCUT2D eigenvalue weighted by atomic mass is 10.0. The highest BCUT2D eigenvalue weighted by Crippen LogP contribution is 2.28. The van der Waals surface area contributed by atoms with Crippen molar-refractivity contribution >= 4 is 5.82 Å². The van der Waals surface area contributed by atoms with Gasteiger partial charge in [-0.25, -0.2) is 9.97 Å². The minimum atomic E-state index is 0.278. The zero-order chi connectivity index (χ0) is 14.9. The molecule has 1 aliphatic heterocycles. The molecule has 1 saturated heterocycles. The molecule has 0 saturated carbocycles. The van der Waals surface area contributed by atoms with Crippen LogP contribution in [0.15, 0.2) is 0 Å². The number of hydrogen-bond acceptors (Lipinski definition) is 5. The van der Waals surface area contributed by atoms with Gasteiger partial charge in [0.1, 0.15) is 11.6 Å². The first-order valence-electron chi connectivity index (χ1n) is 7.39. The third-order valence-corrected chi connectivity index (χ3v) is 4.12. The van der Waals surface area contributed by atoms with Crippen LogP contribution < -0.4 is 5.32 Å². The third kappa shape index (κ3) is 2.94. The van der Waals surface area contributed by atoms with E-state index in [0.29, 0.717) is 5.92 Å². The van der Waals surface area contributed by atoms with Crippen molar-refractivity contribution in [3.8, 4) is 0 Å². The second kappa shape index (κ2) is 6.06. The van der Waals surface area contributed by atoms with E-state index in [0.717, 1.165) is 37.0 Å². The van der Waals surface area contributed by atoms with Crippen LogP contribution in [0.4, 0.5) is 5.82 Å². The maximum absolute atomic E-state index is 4.79. The van der Waals surface area contributed by atoms with Crippen molar-refractivity contribution in [2.45, 2.75) is 32.7 Å². The van der Waals surface area contributed by atoms with Crippen LogP contribution in [-0.2, 0) is 0 Å². The van der Waals surface area contributed by atoms with E-state index in [-0.39, 0.29) is 6.04 Å². The van der Waals surface area contributed by atoms with Crippen LogP contribution in [0.2, 0.25) is 0 Å². The van der Waals surface area contributed by atoms with Crippen molar-refractivity contribution < 1.29 is 0 Å². The maximum atomic E-state index is 4.79. The number of anilines is 1. The Bertz CT molecular complexity index is 472. The molecule has 0 spiro atoms. The van der Waals surface area contributed by atoms with Crippen LogP contribution in [0.1, 0.15) is 42.9 Å². The molecule has 0 radical (unpaired) electrons. The Morgan fingerprint density at radius 1 is 1.20 bits per heavy atom. The van der Waals surface area contributed by atoms with Crippen molar-refractivity contribution in [1.82, 2.24) is 19.8 Å². The van der Waals surface area contributed by atoms with E-state index in [1.165, 1.54) is 5.56 Å². The molecule has 1 unspecified atom stereocenters. The summed E-state index contributed by atoms with van der Waals surface area (Å²) in [4.78, 5) is 14.3. The first kappa shape index (κ1) is 15.2. The Morgan fingerprint density at radius 2 is 1.90 bits per heavy atom. The molecule has 1 aromatic heterocycles. The summed E-state index contributed by atoms with van der Waals surface area (Å²) in [5.74, 6) is 2.34. The van der Waals surface area contributed by atoms with Crippen LogP contribution in [-0.4, -0.2) is 60.5 Å². The lowest BCUT2D eigenvalue weighted by molar-refractivity contribution is 0.109. The average Bonchev–Trinajstić information content (AvgIpc) is 2.40. The fourth-order valence-electron chi connectivity index (χ4n) is 2.92. The Labute approximate surface area is 122 Å². The predicted octanol–water partition coefficient (Wildman–Crippen LogP) is 1.87. The highest BCUT2D eigenvalue weighted by atomic mass is 15.3. The van der Waals surface area contributed by atoms with Gasteiger partial charge < -0.3 is 10.2 Å². The number of aryl methyl sites for hydroxylation is 1. The van der Waals surface area contributed by atoms with Gasteiger partial charge in [0.25, 0.3) is 0 Å². The van der Waals surface area contributed by atoms with Gasteiger partial charge in [-0.15, -0.1) is 0 Å². The highest BCUT2D eigenvalue weighted by molar-refractivity contribution is 5.48. The summed E-state index contributed by atoms with van der Waals surface area (Å²) in [6.07, 6.45) is 0. The van der Waals surface area contributed by atoms with Gasteiger partial charge in [0.2, 0.25) is 0 Å². The molecule has 0 bridgehead atoms. The average molecular weight is 277 g/mol. The predicted molar refractivity (Wildman–Crippen MR) is 83.3 cm³/mol. The van der Waals surface area contributed by atoms with Crippen LogP contribution in [0, 0.1) is 6.92 Å². The summed E-state index contributed by atoms with van der Waals surface area (Å²) < 4.78 is 0. The summed E-state index contributed by atoms with van der Waals surface area (Å²) in [5, 5.41) is 3.24. The molecule has 1 atom stereocenters. The van der Waals surface area contributed by atoms with Crippen molar-refractivity contribution in [2.75, 3.05) is 46.1 Å². The van der Waals surface area contributed by atoms with Crippen molar-refractivity contribution in [3.63, 3.8) is 0 Å². The monoisotopic (exact) mass is 277 g/mol. The summed E-state index contributed by atoms with van der Waals surface area (Å²) in [6, 6.07) is 0.278. The summed E-state index contributed by atoms with van der Waals surface area (Å²) in [7, 11) is 6.26. The largest absolute Gasteiger partial charge is 0.373 e. The molecule has 20 heavy (non-hydrogen) atoms. The number of rotatable bonds is 3.